The first-order chi connectivity index (χ1) is 11.5. The third-order valence-electron chi connectivity index (χ3n) is 4.63. The highest BCUT2D eigenvalue weighted by atomic mass is 16.5. The van der Waals surface area contributed by atoms with Gasteiger partial charge in [0.2, 0.25) is 0 Å². The van der Waals surface area contributed by atoms with Gasteiger partial charge in [0.1, 0.15) is 6.10 Å². The van der Waals surface area contributed by atoms with Crippen molar-refractivity contribution in [1.82, 2.24) is 4.90 Å². The van der Waals surface area contributed by atoms with Crippen molar-refractivity contribution in [3.63, 3.8) is 0 Å². The van der Waals surface area contributed by atoms with Crippen molar-refractivity contribution in [2.75, 3.05) is 13.1 Å². The molecule has 0 bridgehead atoms. The van der Waals surface area contributed by atoms with Crippen molar-refractivity contribution in [3.8, 4) is 0 Å². The molecule has 2 aromatic rings. The van der Waals surface area contributed by atoms with Crippen molar-refractivity contribution < 1.29 is 9.53 Å². The summed E-state index contributed by atoms with van der Waals surface area (Å²) in [4.78, 5) is 14.7. The molecule has 4 nitrogen and oxygen atoms in total. The van der Waals surface area contributed by atoms with Crippen LogP contribution in [0.4, 0.5) is 0 Å². The summed E-state index contributed by atoms with van der Waals surface area (Å²) in [7, 11) is 0. The standard InChI is InChI=1S/C20H24N2O2/c1-20(21)12-13-22(14-16-8-4-2-5-9-16)15-18(20)24-19(23)17-10-6-3-7-11-17/h2-11,18H,12-15,21H2,1H3/t18-,20+/m0/s1. The molecule has 1 fully saturated rings. The summed E-state index contributed by atoms with van der Waals surface area (Å²) < 4.78 is 5.75. The van der Waals surface area contributed by atoms with E-state index in [-0.39, 0.29) is 12.1 Å². The Bertz CT molecular complexity index is 671. The van der Waals surface area contributed by atoms with Crippen LogP contribution in [0.1, 0.15) is 29.3 Å². The number of hydrogen-bond donors (Lipinski definition) is 1. The second kappa shape index (κ2) is 7.16. The fourth-order valence-electron chi connectivity index (χ4n) is 3.02. The molecule has 3 rings (SSSR count). The minimum absolute atomic E-state index is 0.307. The van der Waals surface area contributed by atoms with E-state index >= 15 is 0 Å². The molecule has 2 N–H and O–H groups in total. The number of rotatable bonds is 4. The van der Waals surface area contributed by atoms with Crippen LogP contribution in [0.5, 0.6) is 0 Å². The van der Waals surface area contributed by atoms with Gasteiger partial charge in [-0.2, -0.15) is 0 Å². The molecule has 1 aliphatic heterocycles. The molecule has 0 spiro atoms. The zero-order valence-electron chi connectivity index (χ0n) is 14.0. The van der Waals surface area contributed by atoms with Gasteiger partial charge in [0, 0.05) is 19.6 Å². The topological polar surface area (TPSA) is 55.6 Å². The summed E-state index contributed by atoms with van der Waals surface area (Å²) in [5.74, 6) is -0.307. The molecular weight excluding hydrogens is 300 g/mol. The zero-order chi connectivity index (χ0) is 17.0. The summed E-state index contributed by atoms with van der Waals surface area (Å²) >= 11 is 0. The van der Waals surface area contributed by atoms with Crippen molar-refractivity contribution in [2.45, 2.75) is 31.5 Å². The van der Waals surface area contributed by atoms with E-state index in [4.69, 9.17) is 10.5 Å². The molecular formula is C20H24N2O2. The minimum atomic E-state index is -0.502. The number of esters is 1. The largest absolute Gasteiger partial charge is 0.455 e. The molecule has 4 heteroatoms. The number of nitrogens with two attached hydrogens (primary N) is 1. The Kier molecular flexibility index (Phi) is 4.97. The van der Waals surface area contributed by atoms with Crippen LogP contribution >= 0.6 is 0 Å². The third kappa shape index (κ3) is 4.02. The lowest BCUT2D eigenvalue weighted by atomic mass is 9.87. The van der Waals surface area contributed by atoms with Gasteiger partial charge in [0.05, 0.1) is 11.1 Å². The van der Waals surface area contributed by atoms with Gasteiger partial charge in [0.15, 0.2) is 0 Å². The Morgan fingerprint density at radius 1 is 1.17 bits per heavy atom. The van der Waals surface area contributed by atoms with Crippen LogP contribution in [0, 0.1) is 0 Å². The predicted molar refractivity (Wildman–Crippen MR) is 94.6 cm³/mol. The molecule has 24 heavy (non-hydrogen) atoms. The smallest absolute Gasteiger partial charge is 0.338 e. The highest BCUT2D eigenvalue weighted by Crippen LogP contribution is 2.24. The lowest BCUT2D eigenvalue weighted by Crippen LogP contribution is -2.60. The monoisotopic (exact) mass is 324 g/mol. The number of carbonyl (C=O) groups excluding carboxylic acids is 1. The van der Waals surface area contributed by atoms with Crippen molar-refractivity contribution in [1.29, 1.82) is 0 Å². The summed E-state index contributed by atoms with van der Waals surface area (Å²) in [5.41, 5.74) is 7.72. The van der Waals surface area contributed by atoms with Crippen LogP contribution in [0.3, 0.4) is 0 Å². The highest BCUT2D eigenvalue weighted by molar-refractivity contribution is 5.89. The molecule has 0 amide bonds. The van der Waals surface area contributed by atoms with Crippen LogP contribution < -0.4 is 5.73 Å². The maximum absolute atomic E-state index is 12.4. The maximum Gasteiger partial charge on any atom is 0.338 e. The average molecular weight is 324 g/mol. The second-order valence-corrected chi connectivity index (χ2v) is 6.74. The van der Waals surface area contributed by atoms with E-state index in [1.165, 1.54) is 5.56 Å². The van der Waals surface area contributed by atoms with E-state index in [1.54, 1.807) is 12.1 Å². The molecule has 0 unspecified atom stereocenters. The number of likely N-dealkylation sites (tertiary alicyclic amines) is 1. The van der Waals surface area contributed by atoms with Crippen molar-refractivity contribution >= 4 is 5.97 Å². The Morgan fingerprint density at radius 3 is 2.46 bits per heavy atom. The van der Waals surface area contributed by atoms with Gasteiger partial charge in [-0.1, -0.05) is 48.5 Å². The fraction of sp³-hybridized carbons (Fsp3) is 0.350. The van der Waals surface area contributed by atoms with Gasteiger partial charge in [-0.25, -0.2) is 4.79 Å². The van der Waals surface area contributed by atoms with Gasteiger partial charge >= 0.3 is 5.97 Å². The molecule has 1 aliphatic rings. The third-order valence-corrected chi connectivity index (χ3v) is 4.63. The van der Waals surface area contributed by atoms with Crippen LogP contribution in [0.2, 0.25) is 0 Å². The lowest BCUT2D eigenvalue weighted by molar-refractivity contribution is -0.0256. The predicted octanol–water partition coefficient (Wildman–Crippen LogP) is 2.84. The van der Waals surface area contributed by atoms with Crippen LogP contribution in [0.25, 0.3) is 0 Å². The van der Waals surface area contributed by atoms with E-state index in [2.05, 4.69) is 17.0 Å². The molecule has 0 aliphatic carbocycles. The molecule has 2 aromatic carbocycles. The van der Waals surface area contributed by atoms with Crippen LogP contribution in [-0.2, 0) is 11.3 Å². The maximum atomic E-state index is 12.4. The molecule has 2 atom stereocenters. The molecule has 0 radical (unpaired) electrons. The van der Waals surface area contributed by atoms with E-state index < -0.39 is 5.54 Å². The van der Waals surface area contributed by atoms with E-state index in [0.717, 1.165) is 19.5 Å². The summed E-state index contributed by atoms with van der Waals surface area (Å²) in [6, 6.07) is 19.4. The highest BCUT2D eigenvalue weighted by Gasteiger charge is 2.39. The minimum Gasteiger partial charge on any atom is -0.455 e. The number of ether oxygens (including phenoxy) is 1. The first-order valence-corrected chi connectivity index (χ1v) is 8.36. The fourth-order valence-corrected chi connectivity index (χ4v) is 3.02. The molecule has 0 saturated carbocycles. The van der Waals surface area contributed by atoms with Crippen LogP contribution in [0.15, 0.2) is 60.7 Å². The number of carbonyl (C=O) groups is 1. The second-order valence-electron chi connectivity index (χ2n) is 6.74. The Morgan fingerprint density at radius 2 is 1.79 bits per heavy atom. The quantitative estimate of drug-likeness (QED) is 0.879. The summed E-state index contributed by atoms with van der Waals surface area (Å²) in [5, 5.41) is 0. The normalized spacial score (nSPS) is 24.5. The van der Waals surface area contributed by atoms with Crippen molar-refractivity contribution in [2.24, 2.45) is 5.73 Å². The average Bonchev–Trinajstić information content (AvgIpc) is 2.60. The van der Waals surface area contributed by atoms with Gasteiger partial charge in [-0.3, -0.25) is 4.90 Å². The first kappa shape index (κ1) is 16.7. The first-order valence-electron chi connectivity index (χ1n) is 8.36. The molecule has 1 saturated heterocycles. The zero-order valence-corrected chi connectivity index (χ0v) is 14.0. The number of nitrogens with zero attached hydrogens (tertiary/aromatic N) is 1. The SMILES string of the molecule is C[C@@]1(N)CCN(Cc2ccccc2)C[C@@H]1OC(=O)c1ccccc1. The van der Waals surface area contributed by atoms with E-state index in [9.17, 15) is 4.79 Å². The Balaban J connectivity index is 1.67. The van der Waals surface area contributed by atoms with Crippen molar-refractivity contribution in [3.05, 3.63) is 71.8 Å². The van der Waals surface area contributed by atoms with Gasteiger partial charge < -0.3 is 10.5 Å². The Hall–Kier alpha value is -2.17. The Labute approximate surface area is 143 Å². The molecule has 0 aromatic heterocycles. The van der Waals surface area contributed by atoms with Gasteiger partial charge in [-0.05, 0) is 31.0 Å². The number of piperidine rings is 1. The van der Waals surface area contributed by atoms with Gasteiger partial charge in [-0.15, -0.1) is 0 Å². The van der Waals surface area contributed by atoms with E-state index in [1.807, 2.05) is 43.3 Å². The summed E-state index contributed by atoms with van der Waals surface area (Å²) in [6.07, 6.45) is 0.481. The van der Waals surface area contributed by atoms with Crippen LogP contribution in [-0.4, -0.2) is 35.6 Å². The van der Waals surface area contributed by atoms with Gasteiger partial charge in [0.25, 0.3) is 0 Å². The molecule has 1 heterocycles. The number of benzene rings is 2. The summed E-state index contributed by atoms with van der Waals surface area (Å²) in [6.45, 7) is 4.37. The van der Waals surface area contributed by atoms with E-state index in [0.29, 0.717) is 12.1 Å². The lowest BCUT2D eigenvalue weighted by Gasteiger charge is -2.42. The molecule has 126 valence electrons. The number of hydrogen-bond acceptors (Lipinski definition) is 4.